The van der Waals surface area contributed by atoms with Crippen LogP contribution in [0.3, 0.4) is 0 Å². The molecule has 2 heterocycles. The highest BCUT2D eigenvalue weighted by Crippen LogP contribution is 2.31. The van der Waals surface area contributed by atoms with Crippen LogP contribution in [-0.2, 0) is 5.88 Å². The topological polar surface area (TPSA) is 36.4 Å². The van der Waals surface area contributed by atoms with Crippen LogP contribution in [0.25, 0.3) is 0 Å². The molecule has 1 N–H and O–H groups in total. The molecular weight excluding hydrogens is 268 g/mol. The molecule has 1 aromatic heterocycles. The predicted octanol–water partition coefficient (Wildman–Crippen LogP) is 3.04. The SMILES string of the molecule is CCC(c1nc(CCl)cs1)N1CCCC(CO)C1. The first-order chi connectivity index (χ1) is 8.78. The van der Waals surface area contributed by atoms with E-state index in [-0.39, 0.29) is 0 Å². The van der Waals surface area contributed by atoms with Gasteiger partial charge in [0.2, 0.25) is 0 Å². The Kier molecular flexibility index (Phi) is 5.42. The second-order valence-electron chi connectivity index (χ2n) is 4.92. The molecule has 0 amide bonds. The maximum Gasteiger partial charge on any atom is 0.110 e. The third-order valence-corrected chi connectivity index (χ3v) is 4.90. The van der Waals surface area contributed by atoms with Crippen molar-refractivity contribution in [1.82, 2.24) is 9.88 Å². The van der Waals surface area contributed by atoms with Gasteiger partial charge in [0, 0.05) is 18.5 Å². The van der Waals surface area contributed by atoms with Crippen LogP contribution in [-0.4, -0.2) is 34.7 Å². The Hall–Kier alpha value is -0.160. The van der Waals surface area contributed by atoms with E-state index in [1.807, 2.05) is 0 Å². The quantitative estimate of drug-likeness (QED) is 0.846. The van der Waals surface area contributed by atoms with Gasteiger partial charge in [-0.2, -0.15) is 0 Å². The molecular formula is C13H21ClN2OS. The van der Waals surface area contributed by atoms with Crippen LogP contribution in [0.2, 0.25) is 0 Å². The Morgan fingerprint density at radius 1 is 1.67 bits per heavy atom. The molecule has 0 spiro atoms. The molecule has 5 heteroatoms. The first kappa shape index (κ1) is 14.3. The van der Waals surface area contributed by atoms with Gasteiger partial charge in [-0.05, 0) is 31.7 Å². The van der Waals surface area contributed by atoms with Crippen molar-refractivity contribution >= 4 is 22.9 Å². The average Bonchev–Trinajstić information content (AvgIpc) is 2.88. The molecule has 3 nitrogen and oxygen atoms in total. The van der Waals surface area contributed by atoms with Crippen LogP contribution in [0.4, 0.5) is 0 Å². The molecule has 0 bridgehead atoms. The van der Waals surface area contributed by atoms with Crippen molar-refractivity contribution in [3.05, 3.63) is 16.1 Å². The van der Waals surface area contributed by atoms with E-state index >= 15 is 0 Å². The molecule has 2 rings (SSSR count). The van der Waals surface area contributed by atoms with Crippen LogP contribution in [0.1, 0.15) is 42.9 Å². The van der Waals surface area contributed by atoms with Crippen molar-refractivity contribution < 1.29 is 5.11 Å². The first-order valence-corrected chi connectivity index (χ1v) is 8.05. The van der Waals surface area contributed by atoms with Gasteiger partial charge in [-0.1, -0.05) is 6.92 Å². The molecule has 18 heavy (non-hydrogen) atoms. The number of aliphatic hydroxyl groups is 1. The molecule has 1 aliphatic heterocycles. The Morgan fingerprint density at radius 2 is 2.50 bits per heavy atom. The lowest BCUT2D eigenvalue weighted by molar-refractivity contribution is 0.0856. The molecule has 1 aromatic rings. The van der Waals surface area contributed by atoms with E-state index in [1.165, 1.54) is 11.4 Å². The third kappa shape index (κ3) is 3.23. The van der Waals surface area contributed by atoms with E-state index in [9.17, 15) is 5.11 Å². The van der Waals surface area contributed by atoms with Gasteiger partial charge in [0.15, 0.2) is 0 Å². The standard InChI is InChI=1S/C13H21ClN2OS/c1-2-12(13-15-11(6-14)9-18-13)16-5-3-4-10(7-16)8-17/h9-10,12,17H,2-8H2,1H3. The number of alkyl halides is 1. The summed E-state index contributed by atoms with van der Waals surface area (Å²) < 4.78 is 0. The number of aliphatic hydroxyl groups excluding tert-OH is 1. The summed E-state index contributed by atoms with van der Waals surface area (Å²) in [5, 5.41) is 12.5. The number of piperidine rings is 1. The van der Waals surface area contributed by atoms with E-state index in [0.717, 1.165) is 31.6 Å². The Balaban J connectivity index is 2.07. The van der Waals surface area contributed by atoms with E-state index in [1.54, 1.807) is 11.3 Å². The lowest BCUT2D eigenvalue weighted by atomic mass is 9.97. The Labute approximate surface area is 118 Å². The molecule has 0 aromatic carbocycles. The van der Waals surface area contributed by atoms with Gasteiger partial charge in [0.1, 0.15) is 5.01 Å². The number of thiazole rings is 1. The normalized spacial score (nSPS) is 23.2. The number of rotatable bonds is 5. The maximum absolute atomic E-state index is 9.32. The number of hydrogen-bond donors (Lipinski definition) is 1. The van der Waals surface area contributed by atoms with E-state index < -0.39 is 0 Å². The van der Waals surface area contributed by atoms with Gasteiger partial charge in [-0.3, -0.25) is 4.90 Å². The minimum atomic E-state index is 0.303. The third-order valence-electron chi connectivity index (χ3n) is 3.63. The number of hydrogen-bond acceptors (Lipinski definition) is 4. The zero-order chi connectivity index (χ0) is 13.0. The molecule has 1 saturated heterocycles. The minimum Gasteiger partial charge on any atom is -0.396 e. The van der Waals surface area contributed by atoms with Crippen molar-refractivity contribution in [2.45, 2.75) is 38.1 Å². The summed E-state index contributed by atoms with van der Waals surface area (Å²) >= 11 is 7.53. The van der Waals surface area contributed by atoms with E-state index in [2.05, 4.69) is 22.2 Å². The fourth-order valence-electron chi connectivity index (χ4n) is 2.66. The summed E-state index contributed by atoms with van der Waals surface area (Å²) in [6.07, 6.45) is 3.39. The van der Waals surface area contributed by atoms with Gasteiger partial charge in [-0.15, -0.1) is 22.9 Å². The Bertz CT molecular complexity index is 372. The smallest absolute Gasteiger partial charge is 0.110 e. The molecule has 2 unspecified atom stereocenters. The zero-order valence-electron chi connectivity index (χ0n) is 10.8. The molecule has 0 radical (unpaired) electrons. The fraction of sp³-hybridized carbons (Fsp3) is 0.769. The second kappa shape index (κ2) is 6.85. The van der Waals surface area contributed by atoms with Gasteiger partial charge in [-0.25, -0.2) is 4.98 Å². The van der Waals surface area contributed by atoms with Gasteiger partial charge >= 0.3 is 0 Å². The zero-order valence-corrected chi connectivity index (χ0v) is 12.4. The summed E-state index contributed by atoms with van der Waals surface area (Å²) in [5.41, 5.74) is 0.978. The van der Waals surface area contributed by atoms with Crippen molar-refractivity contribution in [2.24, 2.45) is 5.92 Å². The molecule has 0 saturated carbocycles. The van der Waals surface area contributed by atoms with Crippen LogP contribution in [0.15, 0.2) is 5.38 Å². The molecule has 1 fully saturated rings. The summed E-state index contributed by atoms with van der Waals surface area (Å²) in [7, 11) is 0. The molecule has 102 valence electrons. The highest BCUT2D eigenvalue weighted by atomic mass is 35.5. The number of nitrogens with zero attached hydrogens (tertiary/aromatic N) is 2. The molecule has 2 atom stereocenters. The number of likely N-dealkylation sites (tertiary alicyclic amines) is 1. The van der Waals surface area contributed by atoms with Gasteiger partial charge in [0.25, 0.3) is 0 Å². The number of halogens is 1. The summed E-state index contributed by atoms with van der Waals surface area (Å²) in [6, 6.07) is 0.390. The summed E-state index contributed by atoms with van der Waals surface area (Å²) in [4.78, 5) is 7.08. The maximum atomic E-state index is 9.32. The van der Waals surface area contributed by atoms with Crippen molar-refractivity contribution in [3.8, 4) is 0 Å². The van der Waals surface area contributed by atoms with Crippen LogP contribution < -0.4 is 0 Å². The van der Waals surface area contributed by atoms with E-state index in [0.29, 0.717) is 24.4 Å². The van der Waals surface area contributed by atoms with Crippen molar-refractivity contribution in [1.29, 1.82) is 0 Å². The summed E-state index contributed by atoms with van der Waals surface area (Å²) in [5.74, 6) is 0.923. The largest absolute Gasteiger partial charge is 0.396 e. The van der Waals surface area contributed by atoms with Crippen LogP contribution in [0, 0.1) is 5.92 Å². The number of aromatic nitrogens is 1. The van der Waals surface area contributed by atoms with Crippen LogP contribution >= 0.6 is 22.9 Å². The van der Waals surface area contributed by atoms with Gasteiger partial charge in [0.05, 0.1) is 17.6 Å². The van der Waals surface area contributed by atoms with E-state index in [4.69, 9.17) is 11.6 Å². The van der Waals surface area contributed by atoms with Crippen LogP contribution in [0.5, 0.6) is 0 Å². The molecule has 0 aliphatic carbocycles. The summed E-state index contributed by atoms with van der Waals surface area (Å²) in [6.45, 7) is 4.61. The fourth-order valence-corrected chi connectivity index (χ4v) is 3.92. The first-order valence-electron chi connectivity index (χ1n) is 6.63. The Morgan fingerprint density at radius 3 is 3.11 bits per heavy atom. The van der Waals surface area contributed by atoms with Crippen molar-refractivity contribution in [2.75, 3.05) is 19.7 Å². The molecule has 1 aliphatic rings. The minimum absolute atomic E-state index is 0.303. The van der Waals surface area contributed by atoms with Gasteiger partial charge < -0.3 is 5.11 Å². The lowest BCUT2D eigenvalue weighted by Crippen LogP contribution is -2.39. The lowest BCUT2D eigenvalue weighted by Gasteiger charge is -2.36. The highest BCUT2D eigenvalue weighted by molar-refractivity contribution is 7.09. The second-order valence-corrected chi connectivity index (χ2v) is 6.08. The average molecular weight is 289 g/mol. The highest BCUT2D eigenvalue weighted by Gasteiger charge is 2.27. The monoisotopic (exact) mass is 288 g/mol. The van der Waals surface area contributed by atoms with Crippen molar-refractivity contribution in [3.63, 3.8) is 0 Å². The predicted molar refractivity (Wildman–Crippen MR) is 76.1 cm³/mol.